The summed E-state index contributed by atoms with van der Waals surface area (Å²) in [6, 6.07) is 0. The first-order chi connectivity index (χ1) is 9.47. The highest BCUT2D eigenvalue weighted by atomic mass is 16.6. The van der Waals surface area contributed by atoms with Crippen LogP contribution in [0.3, 0.4) is 0 Å². The number of hydrogen-bond acceptors (Lipinski definition) is 6. The number of aromatic nitrogens is 2. The van der Waals surface area contributed by atoms with Crippen molar-refractivity contribution in [2.45, 2.75) is 26.2 Å². The van der Waals surface area contributed by atoms with Crippen LogP contribution >= 0.6 is 0 Å². The number of esters is 1. The molecule has 1 aromatic rings. The topological polar surface area (TPSA) is 102 Å². The smallest absolute Gasteiger partial charge is 0.330 e. The minimum absolute atomic E-state index is 0.121. The molecule has 0 bridgehead atoms. The summed E-state index contributed by atoms with van der Waals surface area (Å²) < 4.78 is 11.9. The number of rotatable bonds is 3. The molecule has 8 heteroatoms. The van der Waals surface area contributed by atoms with Crippen LogP contribution in [0.15, 0.2) is 15.8 Å². The van der Waals surface area contributed by atoms with E-state index in [9.17, 15) is 14.4 Å². The van der Waals surface area contributed by atoms with E-state index in [1.54, 1.807) is 6.92 Å². The van der Waals surface area contributed by atoms with Crippen molar-refractivity contribution in [3.05, 3.63) is 32.6 Å². The Bertz CT molecular complexity index is 606. The SMILES string of the molecule is CC(=O)OC[C@@H]1CNC[C@H](n2cc(C)c(=O)[nH]c2=O)O1. The zero-order valence-corrected chi connectivity index (χ0v) is 11.3. The summed E-state index contributed by atoms with van der Waals surface area (Å²) in [4.78, 5) is 36.1. The zero-order chi connectivity index (χ0) is 14.7. The monoisotopic (exact) mass is 283 g/mol. The second kappa shape index (κ2) is 6.02. The van der Waals surface area contributed by atoms with Crippen molar-refractivity contribution < 1.29 is 14.3 Å². The van der Waals surface area contributed by atoms with Crippen LogP contribution in [0.4, 0.5) is 0 Å². The second-order valence-corrected chi connectivity index (χ2v) is 4.65. The highest BCUT2D eigenvalue weighted by Crippen LogP contribution is 2.13. The highest BCUT2D eigenvalue weighted by molar-refractivity contribution is 5.65. The molecule has 1 aliphatic heterocycles. The molecule has 1 saturated heterocycles. The number of hydrogen-bond donors (Lipinski definition) is 2. The van der Waals surface area contributed by atoms with Gasteiger partial charge in [0.25, 0.3) is 5.56 Å². The van der Waals surface area contributed by atoms with E-state index in [2.05, 4.69) is 10.3 Å². The van der Waals surface area contributed by atoms with E-state index in [4.69, 9.17) is 9.47 Å². The van der Waals surface area contributed by atoms with E-state index in [1.807, 2.05) is 0 Å². The van der Waals surface area contributed by atoms with Gasteiger partial charge in [0.15, 0.2) is 6.23 Å². The average molecular weight is 283 g/mol. The predicted octanol–water partition coefficient (Wildman–Crippen LogP) is -1.10. The van der Waals surface area contributed by atoms with Gasteiger partial charge in [0.2, 0.25) is 0 Å². The fourth-order valence-electron chi connectivity index (χ4n) is 1.96. The number of morpholine rings is 1. The molecule has 0 amide bonds. The molecular formula is C12H17N3O5. The third kappa shape index (κ3) is 3.34. The molecule has 0 saturated carbocycles. The molecule has 2 heterocycles. The molecule has 8 nitrogen and oxygen atoms in total. The first-order valence-corrected chi connectivity index (χ1v) is 6.29. The Morgan fingerprint density at radius 1 is 1.50 bits per heavy atom. The molecule has 1 aromatic heterocycles. The summed E-state index contributed by atoms with van der Waals surface area (Å²) in [5.74, 6) is -0.382. The van der Waals surface area contributed by atoms with Gasteiger partial charge in [-0.15, -0.1) is 0 Å². The van der Waals surface area contributed by atoms with Gasteiger partial charge >= 0.3 is 11.7 Å². The lowest BCUT2D eigenvalue weighted by Crippen LogP contribution is -2.48. The van der Waals surface area contributed by atoms with Gasteiger partial charge in [-0.3, -0.25) is 19.1 Å². The number of nitrogens with zero attached hydrogens (tertiary/aromatic N) is 1. The summed E-state index contributed by atoms with van der Waals surface area (Å²) in [5.41, 5.74) is -0.512. The molecule has 0 radical (unpaired) electrons. The Kier molecular flexibility index (Phi) is 4.35. The minimum Gasteiger partial charge on any atom is -0.463 e. The van der Waals surface area contributed by atoms with E-state index < -0.39 is 17.5 Å². The van der Waals surface area contributed by atoms with Crippen molar-refractivity contribution in [1.29, 1.82) is 0 Å². The van der Waals surface area contributed by atoms with E-state index in [0.29, 0.717) is 18.7 Å². The molecule has 2 rings (SSSR count). The number of ether oxygens (including phenoxy) is 2. The average Bonchev–Trinajstić information content (AvgIpc) is 2.41. The van der Waals surface area contributed by atoms with E-state index in [0.717, 1.165) is 0 Å². The third-order valence-corrected chi connectivity index (χ3v) is 2.97. The van der Waals surface area contributed by atoms with Crippen molar-refractivity contribution in [3.8, 4) is 0 Å². The molecule has 2 N–H and O–H groups in total. The predicted molar refractivity (Wildman–Crippen MR) is 69.5 cm³/mol. The minimum atomic E-state index is -0.549. The van der Waals surface area contributed by atoms with Crippen LogP contribution in [0.1, 0.15) is 18.7 Å². The van der Waals surface area contributed by atoms with Crippen molar-refractivity contribution in [1.82, 2.24) is 14.9 Å². The Morgan fingerprint density at radius 3 is 2.95 bits per heavy atom. The standard InChI is InChI=1S/C12H17N3O5/c1-7-5-15(12(18)14-11(7)17)10-4-13-3-9(20-10)6-19-8(2)16/h5,9-10,13H,3-4,6H2,1-2H3,(H,14,17,18)/t9-,10+/m0/s1. The molecule has 0 aromatic carbocycles. The molecule has 0 unspecified atom stereocenters. The maximum absolute atomic E-state index is 11.8. The lowest BCUT2D eigenvalue weighted by molar-refractivity contribution is -0.152. The van der Waals surface area contributed by atoms with Crippen LogP contribution in [0.2, 0.25) is 0 Å². The van der Waals surface area contributed by atoms with Gasteiger partial charge < -0.3 is 14.8 Å². The molecule has 1 aliphatic rings. The van der Waals surface area contributed by atoms with Gasteiger partial charge in [-0.1, -0.05) is 0 Å². The fourth-order valence-corrected chi connectivity index (χ4v) is 1.96. The van der Waals surface area contributed by atoms with Gasteiger partial charge in [0.05, 0.1) is 0 Å². The Morgan fingerprint density at radius 2 is 2.25 bits per heavy atom. The zero-order valence-electron chi connectivity index (χ0n) is 11.3. The van der Waals surface area contributed by atoms with Crippen LogP contribution < -0.4 is 16.6 Å². The van der Waals surface area contributed by atoms with Crippen LogP contribution in [0, 0.1) is 6.92 Å². The van der Waals surface area contributed by atoms with Gasteiger partial charge in [0, 0.05) is 31.8 Å². The van der Waals surface area contributed by atoms with Crippen molar-refractivity contribution in [2.24, 2.45) is 0 Å². The quantitative estimate of drug-likeness (QED) is 0.682. The molecule has 0 spiro atoms. The fraction of sp³-hybridized carbons (Fsp3) is 0.583. The maximum Gasteiger partial charge on any atom is 0.330 e. The van der Waals surface area contributed by atoms with E-state index >= 15 is 0 Å². The van der Waals surface area contributed by atoms with Crippen molar-refractivity contribution in [3.63, 3.8) is 0 Å². The van der Waals surface area contributed by atoms with Gasteiger partial charge in [-0.05, 0) is 6.92 Å². The Balaban J connectivity index is 2.13. The summed E-state index contributed by atoms with van der Waals surface area (Å²) in [5, 5.41) is 3.10. The van der Waals surface area contributed by atoms with Crippen LogP contribution in [-0.4, -0.2) is 41.3 Å². The number of aryl methyl sites for hydroxylation is 1. The van der Waals surface area contributed by atoms with Gasteiger partial charge in [0.1, 0.15) is 12.7 Å². The third-order valence-electron chi connectivity index (χ3n) is 2.97. The number of carbonyl (C=O) groups excluding carboxylic acids is 1. The maximum atomic E-state index is 11.8. The number of aromatic amines is 1. The normalized spacial score (nSPS) is 22.5. The second-order valence-electron chi connectivity index (χ2n) is 4.65. The summed E-state index contributed by atoms with van der Waals surface area (Å²) in [6.07, 6.45) is 0.575. The molecule has 0 aliphatic carbocycles. The molecule has 2 atom stereocenters. The van der Waals surface area contributed by atoms with E-state index in [1.165, 1.54) is 17.7 Å². The largest absolute Gasteiger partial charge is 0.463 e. The molecular weight excluding hydrogens is 266 g/mol. The van der Waals surface area contributed by atoms with Crippen molar-refractivity contribution >= 4 is 5.97 Å². The molecule has 1 fully saturated rings. The highest BCUT2D eigenvalue weighted by Gasteiger charge is 2.25. The van der Waals surface area contributed by atoms with E-state index in [-0.39, 0.29) is 18.7 Å². The van der Waals surface area contributed by atoms with Crippen LogP contribution in [0.25, 0.3) is 0 Å². The number of nitrogens with one attached hydrogen (secondary N) is 2. The molecule has 110 valence electrons. The van der Waals surface area contributed by atoms with Gasteiger partial charge in [-0.2, -0.15) is 0 Å². The summed E-state index contributed by atoms with van der Waals surface area (Å²) in [7, 11) is 0. The Hall–Kier alpha value is -1.93. The first-order valence-electron chi connectivity index (χ1n) is 6.29. The lowest BCUT2D eigenvalue weighted by Gasteiger charge is -2.31. The molecule has 20 heavy (non-hydrogen) atoms. The van der Waals surface area contributed by atoms with Crippen LogP contribution in [-0.2, 0) is 14.3 Å². The first kappa shape index (κ1) is 14.5. The number of H-pyrrole nitrogens is 1. The Labute approximate surface area is 114 Å². The summed E-state index contributed by atoms with van der Waals surface area (Å²) in [6.45, 7) is 4.02. The lowest BCUT2D eigenvalue weighted by atomic mass is 10.3. The van der Waals surface area contributed by atoms with Gasteiger partial charge in [-0.25, -0.2) is 4.79 Å². The van der Waals surface area contributed by atoms with Crippen molar-refractivity contribution in [2.75, 3.05) is 19.7 Å². The summed E-state index contributed by atoms with van der Waals surface area (Å²) >= 11 is 0. The number of carbonyl (C=O) groups is 1. The van der Waals surface area contributed by atoms with Crippen LogP contribution in [0.5, 0.6) is 0 Å².